The average Bonchev–Trinajstić information content (AvgIpc) is 2.80. The number of nitrogens with zero attached hydrogens (tertiary/aromatic N) is 2. The van der Waals surface area contributed by atoms with E-state index in [1.54, 1.807) is 12.1 Å². The Kier molecular flexibility index (Phi) is 7.90. The summed E-state index contributed by atoms with van der Waals surface area (Å²) in [6, 6.07) is 11.4. The zero-order valence-electron chi connectivity index (χ0n) is 18.8. The van der Waals surface area contributed by atoms with Crippen LogP contribution in [0.5, 0.6) is 0 Å². The summed E-state index contributed by atoms with van der Waals surface area (Å²) in [6.45, 7) is 2.07. The Balaban J connectivity index is 1.87. The molecule has 0 fully saturated rings. The van der Waals surface area contributed by atoms with Gasteiger partial charge >= 0.3 is 5.97 Å². The van der Waals surface area contributed by atoms with Gasteiger partial charge < -0.3 is 21.9 Å². The number of nitrogens with two attached hydrogens (primary N) is 2. The Morgan fingerprint density at radius 2 is 1.79 bits per heavy atom. The highest BCUT2D eigenvalue weighted by atomic mass is 32.2. The maximum atomic E-state index is 13.5. The second-order valence-electron chi connectivity index (χ2n) is 8.20. The number of aliphatic imine (C=N–C) groups is 1. The molecule has 11 heteroatoms. The largest absolute Gasteiger partial charge is 0.480 e. The molecule has 0 aromatic heterocycles. The van der Waals surface area contributed by atoms with Crippen molar-refractivity contribution in [1.29, 1.82) is 0 Å². The molecule has 1 amide bonds. The van der Waals surface area contributed by atoms with Crippen LogP contribution < -0.4 is 16.8 Å². The van der Waals surface area contributed by atoms with Crippen LogP contribution in [0.25, 0.3) is 0 Å². The van der Waals surface area contributed by atoms with E-state index in [1.807, 2.05) is 31.2 Å². The van der Waals surface area contributed by atoms with E-state index in [-0.39, 0.29) is 36.8 Å². The lowest BCUT2D eigenvalue weighted by atomic mass is 9.95. The van der Waals surface area contributed by atoms with Crippen LogP contribution in [0.3, 0.4) is 0 Å². The summed E-state index contributed by atoms with van der Waals surface area (Å²) in [5.74, 6) is -1.99. The molecule has 1 aliphatic rings. The van der Waals surface area contributed by atoms with Crippen molar-refractivity contribution in [2.24, 2.45) is 16.5 Å². The molecule has 0 saturated heterocycles. The minimum absolute atomic E-state index is 0.00665. The number of sulfonamides is 1. The van der Waals surface area contributed by atoms with Gasteiger partial charge in [0, 0.05) is 13.1 Å². The second kappa shape index (κ2) is 10.7. The Morgan fingerprint density at radius 1 is 1.15 bits per heavy atom. The van der Waals surface area contributed by atoms with Gasteiger partial charge in [0.05, 0.1) is 4.90 Å². The zero-order valence-corrected chi connectivity index (χ0v) is 19.7. The molecule has 2 aromatic rings. The number of carboxylic acids is 1. The van der Waals surface area contributed by atoms with Gasteiger partial charge in [-0.1, -0.05) is 42.0 Å². The van der Waals surface area contributed by atoms with E-state index in [9.17, 15) is 23.1 Å². The van der Waals surface area contributed by atoms with Gasteiger partial charge in [0.2, 0.25) is 15.9 Å². The number of carboxylic acid groups (broad SMARTS) is 1. The number of carbonyl (C=O) groups is 2. The third kappa shape index (κ3) is 5.91. The highest BCUT2D eigenvalue weighted by molar-refractivity contribution is 7.89. The molecule has 2 unspecified atom stereocenters. The molecule has 34 heavy (non-hydrogen) atoms. The number of hydrogen-bond acceptors (Lipinski definition) is 5. The van der Waals surface area contributed by atoms with Crippen LogP contribution in [-0.4, -0.2) is 54.3 Å². The summed E-state index contributed by atoms with van der Waals surface area (Å²) in [6.07, 6.45) is 0.549. The van der Waals surface area contributed by atoms with Crippen molar-refractivity contribution < 1.29 is 23.1 Å². The number of rotatable bonds is 9. The van der Waals surface area contributed by atoms with Crippen molar-refractivity contribution in [1.82, 2.24) is 9.62 Å². The van der Waals surface area contributed by atoms with Crippen LogP contribution in [-0.2, 0) is 32.6 Å². The predicted molar refractivity (Wildman–Crippen MR) is 127 cm³/mol. The first-order valence-electron chi connectivity index (χ1n) is 10.8. The first-order valence-corrected chi connectivity index (χ1v) is 12.3. The standard InChI is InChI=1S/C23H29N5O5S/c1-15-8-10-18(11-9-15)34(32,33)28-14-17-6-3-2-5-16(17)13-20(28)21(29)27-19(22(30)31)7-4-12-26-23(24)25/h2-3,5-6,8-11,19-20H,4,7,12-14H2,1H3,(H,27,29)(H,30,31)(H4,24,25,26). The van der Waals surface area contributed by atoms with Crippen molar-refractivity contribution in [2.45, 2.75) is 49.7 Å². The van der Waals surface area contributed by atoms with Crippen LogP contribution in [0.15, 0.2) is 58.4 Å². The lowest BCUT2D eigenvalue weighted by Crippen LogP contribution is -2.55. The first kappa shape index (κ1) is 25.2. The molecule has 2 atom stereocenters. The molecule has 3 rings (SSSR count). The molecule has 6 N–H and O–H groups in total. The fraction of sp³-hybridized carbons (Fsp3) is 0.348. The summed E-state index contributed by atoms with van der Waals surface area (Å²) in [5, 5.41) is 12.1. The third-order valence-corrected chi connectivity index (χ3v) is 7.56. The topological polar surface area (TPSA) is 168 Å². The minimum atomic E-state index is -4.02. The van der Waals surface area contributed by atoms with E-state index in [1.165, 1.54) is 12.1 Å². The summed E-state index contributed by atoms with van der Waals surface area (Å²) >= 11 is 0. The van der Waals surface area contributed by atoms with E-state index >= 15 is 0 Å². The lowest BCUT2D eigenvalue weighted by molar-refractivity contribution is -0.142. The second-order valence-corrected chi connectivity index (χ2v) is 10.1. The summed E-state index contributed by atoms with van der Waals surface area (Å²) in [7, 11) is -4.02. The van der Waals surface area contributed by atoms with Gasteiger partial charge in [-0.15, -0.1) is 0 Å². The third-order valence-electron chi connectivity index (χ3n) is 5.70. The molecule has 0 radical (unpaired) electrons. The fourth-order valence-corrected chi connectivity index (χ4v) is 5.41. The number of guanidine groups is 1. The number of aliphatic carboxylic acids is 1. The van der Waals surface area contributed by atoms with Gasteiger partial charge in [0.25, 0.3) is 0 Å². The number of nitrogens with one attached hydrogen (secondary N) is 1. The first-order chi connectivity index (χ1) is 16.1. The number of hydrogen-bond donors (Lipinski definition) is 4. The van der Waals surface area contributed by atoms with Crippen LogP contribution in [0.1, 0.15) is 29.5 Å². The fourth-order valence-electron chi connectivity index (χ4n) is 3.85. The number of fused-ring (bicyclic) bond motifs is 1. The quantitative estimate of drug-likeness (QED) is 0.230. The molecule has 1 heterocycles. The van der Waals surface area contributed by atoms with E-state index in [4.69, 9.17) is 11.5 Å². The highest BCUT2D eigenvalue weighted by Crippen LogP contribution is 2.29. The predicted octanol–water partition coefficient (Wildman–Crippen LogP) is 0.734. The molecular weight excluding hydrogens is 458 g/mol. The van der Waals surface area contributed by atoms with E-state index < -0.39 is 34.0 Å². The van der Waals surface area contributed by atoms with Gasteiger partial charge in [0.15, 0.2) is 5.96 Å². The Labute approximate surface area is 198 Å². The van der Waals surface area contributed by atoms with Gasteiger partial charge in [-0.2, -0.15) is 4.31 Å². The summed E-state index contributed by atoms with van der Waals surface area (Å²) < 4.78 is 28.2. The molecule has 0 aliphatic carbocycles. The van der Waals surface area contributed by atoms with Gasteiger partial charge in [0.1, 0.15) is 12.1 Å². The Bertz CT molecular complexity index is 1180. The maximum absolute atomic E-state index is 13.5. The van der Waals surface area contributed by atoms with Gasteiger partial charge in [-0.25, -0.2) is 13.2 Å². The monoisotopic (exact) mass is 487 g/mol. The molecule has 0 spiro atoms. The van der Waals surface area contributed by atoms with Gasteiger partial charge in [-0.3, -0.25) is 9.79 Å². The smallest absolute Gasteiger partial charge is 0.326 e. The summed E-state index contributed by atoms with van der Waals surface area (Å²) in [5.41, 5.74) is 13.1. The normalized spacial score (nSPS) is 16.8. The minimum Gasteiger partial charge on any atom is -0.480 e. The van der Waals surface area contributed by atoms with Crippen molar-refractivity contribution in [3.05, 3.63) is 65.2 Å². The van der Waals surface area contributed by atoms with Crippen LogP contribution in [0, 0.1) is 6.92 Å². The van der Waals surface area contributed by atoms with Crippen LogP contribution in [0.2, 0.25) is 0 Å². The number of amides is 1. The molecule has 182 valence electrons. The Hall–Kier alpha value is -3.44. The van der Waals surface area contributed by atoms with Crippen LogP contribution >= 0.6 is 0 Å². The number of carbonyl (C=O) groups excluding carboxylic acids is 1. The highest BCUT2D eigenvalue weighted by Gasteiger charge is 2.40. The van der Waals surface area contributed by atoms with Crippen molar-refractivity contribution >= 4 is 27.9 Å². The lowest BCUT2D eigenvalue weighted by Gasteiger charge is -2.35. The average molecular weight is 488 g/mol. The number of benzene rings is 2. The molecule has 1 aliphatic heterocycles. The number of aryl methyl sites for hydroxylation is 1. The molecule has 2 aromatic carbocycles. The van der Waals surface area contributed by atoms with Crippen molar-refractivity contribution in [3.8, 4) is 0 Å². The van der Waals surface area contributed by atoms with E-state index in [0.29, 0.717) is 6.42 Å². The molecular formula is C23H29N5O5S. The summed E-state index contributed by atoms with van der Waals surface area (Å²) in [4.78, 5) is 28.9. The molecule has 10 nitrogen and oxygen atoms in total. The molecule has 0 bridgehead atoms. The van der Waals surface area contributed by atoms with Crippen molar-refractivity contribution in [2.75, 3.05) is 6.54 Å². The Morgan fingerprint density at radius 3 is 2.41 bits per heavy atom. The molecule has 0 saturated carbocycles. The maximum Gasteiger partial charge on any atom is 0.326 e. The zero-order chi connectivity index (χ0) is 24.9. The van der Waals surface area contributed by atoms with Crippen LogP contribution in [0.4, 0.5) is 0 Å². The van der Waals surface area contributed by atoms with E-state index in [0.717, 1.165) is 21.0 Å². The SMILES string of the molecule is Cc1ccc(S(=O)(=O)N2Cc3ccccc3CC2C(=O)NC(CCCN=C(N)N)C(=O)O)cc1. The van der Waals surface area contributed by atoms with Crippen molar-refractivity contribution in [3.63, 3.8) is 0 Å². The van der Waals surface area contributed by atoms with Gasteiger partial charge in [-0.05, 0) is 49.4 Å². The van der Waals surface area contributed by atoms with E-state index in [2.05, 4.69) is 10.3 Å².